The van der Waals surface area contributed by atoms with E-state index in [-0.39, 0.29) is 3.92 Å². The predicted octanol–water partition coefficient (Wildman–Crippen LogP) is 3.37. The minimum atomic E-state index is -3.26. The quantitative estimate of drug-likeness (QED) is 0.618. The van der Waals surface area contributed by atoms with Crippen molar-refractivity contribution in [2.45, 2.75) is 41.3 Å². The lowest BCUT2D eigenvalue weighted by atomic mass is 10.1. The maximum atomic E-state index is 12.4. The molecule has 0 amide bonds. The molecule has 0 radical (unpaired) electrons. The predicted molar refractivity (Wildman–Crippen MR) is 75.9 cm³/mol. The van der Waals surface area contributed by atoms with Gasteiger partial charge >= 0.3 is 0 Å². The topological polar surface area (TPSA) is 34.1 Å². The van der Waals surface area contributed by atoms with Gasteiger partial charge in [0.25, 0.3) is 0 Å². The van der Waals surface area contributed by atoms with Crippen LogP contribution in [0.25, 0.3) is 0 Å². The van der Waals surface area contributed by atoms with Crippen molar-refractivity contribution in [3.8, 4) is 0 Å². The second-order valence-electron chi connectivity index (χ2n) is 4.54. The van der Waals surface area contributed by atoms with E-state index in [0.29, 0.717) is 4.90 Å². The average molecular weight is 352 g/mol. The summed E-state index contributed by atoms with van der Waals surface area (Å²) >= 11 is 2.16. The normalized spacial score (nSPS) is 14.8. The summed E-state index contributed by atoms with van der Waals surface area (Å²) in [6.45, 7) is 7.42. The van der Waals surface area contributed by atoms with E-state index in [1.807, 2.05) is 26.0 Å². The molecule has 0 N–H and O–H groups in total. The van der Waals surface area contributed by atoms with Crippen LogP contribution in [0.2, 0.25) is 0 Å². The molecule has 0 aliphatic heterocycles. The van der Waals surface area contributed by atoms with Crippen molar-refractivity contribution in [3.63, 3.8) is 0 Å². The molecule has 90 valence electrons. The SMILES string of the molecule is Cc1ccc(S(=O)(=O)C(C)(C)C(C)I)cc1. The highest BCUT2D eigenvalue weighted by molar-refractivity contribution is 14.1. The van der Waals surface area contributed by atoms with Gasteiger partial charge in [0.15, 0.2) is 9.84 Å². The van der Waals surface area contributed by atoms with Gasteiger partial charge in [0, 0.05) is 3.92 Å². The van der Waals surface area contributed by atoms with E-state index in [4.69, 9.17) is 0 Å². The molecule has 4 heteroatoms. The number of hydrogen-bond donors (Lipinski definition) is 0. The summed E-state index contributed by atoms with van der Waals surface area (Å²) in [5, 5.41) is 0. The Kier molecular flexibility index (Phi) is 4.05. The van der Waals surface area contributed by atoms with Crippen molar-refractivity contribution in [3.05, 3.63) is 29.8 Å². The third-order valence-corrected chi connectivity index (χ3v) is 7.59. The molecule has 1 atom stereocenters. The molecule has 1 rings (SSSR count). The Bertz CT molecular complexity index is 458. The molecule has 0 fully saturated rings. The minimum Gasteiger partial charge on any atom is -0.223 e. The van der Waals surface area contributed by atoms with Crippen LogP contribution in [0.3, 0.4) is 0 Å². The Hall–Kier alpha value is -0.100. The van der Waals surface area contributed by atoms with Gasteiger partial charge < -0.3 is 0 Å². The molecule has 0 saturated carbocycles. The summed E-state index contributed by atoms with van der Waals surface area (Å²) in [4.78, 5) is 0.409. The van der Waals surface area contributed by atoms with E-state index in [1.165, 1.54) is 0 Å². The number of halogens is 1. The third-order valence-electron chi connectivity index (χ3n) is 2.98. The second kappa shape index (κ2) is 4.64. The van der Waals surface area contributed by atoms with E-state index in [0.717, 1.165) is 5.56 Å². The summed E-state index contributed by atoms with van der Waals surface area (Å²) in [7, 11) is -3.26. The molecule has 0 aliphatic rings. The zero-order chi connectivity index (χ0) is 12.6. The zero-order valence-corrected chi connectivity index (χ0v) is 13.0. The summed E-state index contributed by atoms with van der Waals surface area (Å²) in [6.07, 6.45) is 0. The zero-order valence-electron chi connectivity index (χ0n) is 9.99. The maximum Gasteiger partial charge on any atom is 0.184 e. The first-order valence-corrected chi connectivity index (χ1v) is 7.88. The van der Waals surface area contributed by atoms with Gasteiger partial charge in [-0.25, -0.2) is 8.42 Å². The number of rotatable bonds is 3. The van der Waals surface area contributed by atoms with Crippen LogP contribution in [0, 0.1) is 6.92 Å². The molecule has 2 nitrogen and oxygen atoms in total. The lowest BCUT2D eigenvalue weighted by molar-refractivity contribution is 0.547. The fourth-order valence-corrected chi connectivity index (χ4v) is 3.77. The summed E-state index contributed by atoms with van der Waals surface area (Å²) in [5.41, 5.74) is 1.07. The summed E-state index contributed by atoms with van der Waals surface area (Å²) < 4.78 is 24.1. The van der Waals surface area contributed by atoms with Crippen molar-refractivity contribution < 1.29 is 8.42 Å². The van der Waals surface area contributed by atoms with Gasteiger partial charge in [0.1, 0.15) is 0 Å². The number of aryl methyl sites for hydroxylation is 1. The van der Waals surface area contributed by atoms with Crippen molar-refractivity contribution in [1.82, 2.24) is 0 Å². The summed E-state index contributed by atoms with van der Waals surface area (Å²) in [6, 6.07) is 7.04. The van der Waals surface area contributed by atoms with Crippen molar-refractivity contribution in [2.24, 2.45) is 0 Å². The van der Waals surface area contributed by atoms with Crippen LogP contribution in [-0.4, -0.2) is 17.1 Å². The Morgan fingerprint density at radius 1 is 1.19 bits per heavy atom. The molecule has 0 saturated heterocycles. The first kappa shape index (κ1) is 14.0. The van der Waals surface area contributed by atoms with Crippen LogP contribution in [0.5, 0.6) is 0 Å². The largest absolute Gasteiger partial charge is 0.223 e. The van der Waals surface area contributed by atoms with E-state index in [1.54, 1.807) is 26.0 Å². The molecule has 1 aromatic carbocycles. The first-order valence-electron chi connectivity index (χ1n) is 5.15. The van der Waals surface area contributed by atoms with E-state index in [9.17, 15) is 8.42 Å². The van der Waals surface area contributed by atoms with Crippen LogP contribution in [-0.2, 0) is 9.84 Å². The number of alkyl halides is 1. The Balaban J connectivity index is 3.27. The van der Waals surface area contributed by atoms with Crippen LogP contribution in [0.1, 0.15) is 26.3 Å². The van der Waals surface area contributed by atoms with Crippen LogP contribution < -0.4 is 0 Å². The molecule has 0 heterocycles. The van der Waals surface area contributed by atoms with Crippen LogP contribution in [0.4, 0.5) is 0 Å². The number of benzene rings is 1. The average Bonchev–Trinajstić information content (AvgIpc) is 2.17. The maximum absolute atomic E-state index is 12.4. The van der Waals surface area contributed by atoms with Crippen molar-refractivity contribution in [2.75, 3.05) is 0 Å². The monoisotopic (exact) mass is 352 g/mol. The van der Waals surface area contributed by atoms with Crippen molar-refractivity contribution >= 4 is 32.4 Å². The molecule has 0 aliphatic carbocycles. The third kappa shape index (κ3) is 2.42. The molecule has 0 bridgehead atoms. The number of hydrogen-bond acceptors (Lipinski definition) is 2. The highest BCUT2D eigenvalue weighted by Gasteiger charge is 2.39. The molecular weight excluding hydrogens is 335 g/mol. The first-order chi connectivity index (χ1) is 7.19. The van der Waals surface area contributed by atoms with Gasteiger partial charge in [-0.1, -0.05) is 47.2 Å². The van der Waals surface area contributed by atoms with Gasteiger partial charge in [-0.2, -0.15) is 0 Å². The van der Waals surface area contributed by atoms with Gasteiger partial charge in [-0.15, -0.1) is 0 Å². The van der Waals surface area contributed by atoms with Crippen LogP contribution in [0.15, 0.2) is 29.2 Å². The van der Waals surface area contributed by atoms with Gasteiger partial charge in [0.2, 0.25) is 0 Å². The molecule has 1 unspecified atom stereocenters. The number of sulfone groups is 1. The van der Waals surface area contributed by atoms with Gasteiger partial charge in [-0.3, -0.25) is 0 Å². The molecule has 0 aromatic heterocycles. The molecule has 16 heavy (non-hydrogen) atoms. The molecule has 1 aromatic rings. The van der Waals surface area contributed by atoms with E-state index >= 15 is 0 Å². The van der Waals surface area contributed by atoms with Gasteiger partial charge in [-0.05, 0) is 32.9 Å². The highest BCUT2D eigenvalue weighted by atomic mass is 127. The Morgan fingerprint density at radius 3 is 2.00 bits per heavy atom. The Morgan fingerprint density at radius 2 is 1.62 bits per heavy atom. The minimum absolute atomic E-state index is 0.0522. The molecular formula is C12H17IO2S. The fraction of sp³-hybridized carbons (Fsp3) is 0.500. The fourth-order valence-electron chi connectivity index (χ4n) is 1.23. The highest BCUT2D eigenvalue weighted by Crippen LogP contribution is 2.32. The van der Waals surface area contributed by atoms with E-state index < -0.39 is 14.6 Å². The lowest BCUT2D eigenvalue weighted by Gasteiger charge is -2.27. The van der Waals surface area contributed by atoms with Gasteiger partial charge in [0.05, 0.1) is 9.64 Å². The van der Waals surface area contributed by atoms with E-state index in [2.05, 4.69) is 22.6 Å². The lowest BCUT2D eigenvalue weighted by Crippen LogP contribution is -2.39. The summed E-state index contributed by atoms with van der Waals surface area (Å²) in [5.74, 6) is 0. The molecule has 0 spiro atoms. The smallest absolute Gasteiger partial charge is 0.184 e. The second-order valence-corrected chi connectivity index (χ2v) is 8.93. The Labute approximate surface area is 112 Å². The standard InChI is InChI=1S/C12H17IO2S/c1-9-5-7-11(8-6-9)16(14,15)12(3,4)10(2)13/h5-8,10H,1-4H3. The van der Waals surface area contributed by atoms with Crippen molar-refractivity contribution in [1.29, 1.82) is 0 Å². The van der Waals surface area contributed by atoms with Crippen LogP contribution >= 0.6 is 22.6 Å².